The monoisotopic (exact) mass is 214 g/mol. The van der Waals surface area contributed by atoms with E-state index in [-0.39, 0.29) is 6.54 Å². The van der Waals surface area contributed by atoms with Gasteiger partial charge in [-0.05, 0) is 0 Å². The third-order valence-electron chi connectivity index (χ3n) is 1.23. The van der Waals surface area contributed by atoms with E-state index in [1.807, 2.05) is 4.72 Å². The van der Waals surface area contributed by atoms with Crippen molar-refractivity contribution in [2.75, 3.05) is 13.3 Å². The summed E-state index contributed by atoms with van der Waals surface area (Å²) in [6, 6.07) is 0. The Morgan fingerprint density at radius 1 is 1.67 bits per heavy atom. The Kier molecular flexibility index (Phi) is 2.84. The van der Waals surface area contributed by atoms with Crippen molar-refractivity contribution in [3.8, 4) is 0 Å². The van der Waals surface area contributed by atoms with E-state index in [0.717, 1.165) is 0 Å². The Balaban J connectivity index is 2.72. The molecule has 0 radical (unpaired) electrons. The Bertz CT molecular complexity index is 300. The Hall–Kier alpha value is -0.430. The van der Waals surface area contributed by atoms with Gasteiger partial charge in [0.15, 0.2) is 8.69 Å². The summed E-state index contributed by atoms with van der Waals surface area (Å²) in [6.07, 6.45) is 0. The van der Waals surface area contributed by atoms with E-state index in [0.29, 0.717) is 4.31 Å². The second-order valence-corrected chi connectivity index (χ2v) is 4.17. The Morgan fingerprint density at radius 3 is 2.75 bits per heavy atom. The fraction of sp³-hybridized carbons (Fsp3) is 0.667. The minimum Gasteiger partial charge on any atom is -0.310 e. The highest BCUT2D eigenvalue weighted by molar-refractivity contribution is 7.88. The number of hydrogen-bond acceptors (Lipinski definition) is 5. The molecule has 1 atom stereocenters. The van der Waals surface area contributed by atoms with Crippen LogP contribution in [-0.4, -0.2) is 31.9 Å². The fourth-order valence-electron chi connectivity index (χ4n) is 0.693. The summed E-state index contributed by atoms with van der Waals surface area (Å²) in [5.41, 5.74) is 0. The minimum atomic E-state index is -3.73. The van der Waals surface area contributed by atoms with E-state index in [1.165, 1.54) is 0 Å². The zero-order valence-corrected chi connectivity index (χ0v) is 7.86. The maximum absolute atomic E-state index is 10.9. The second kappa shape index (κ2) is 3.53. The maximum atomic E-state index is 10.9. The number of amides is 1. The summed E-state index contributed by atoms with van der Waals surface area (Å²) < 4.78 is 38.5. The predicted octanol–water partition coefficient (Wildman–Crippen LogP) is -1.69. The minimum absolute atomic E-state index is 0.264. The van der Waals surface area contributed by atoms with Crippen LogP contribution in [0.15, 0.2) is 0 Å². The zero-order valence-electron chi connectivity index (χ0n) is 5.89. The topological polar surface area (TPSA) is 92.8 Å². The summed E-state index contributed by atoms with van der Waals surface area (Å²) in [6.45, 7) is -0.743. The lowest BCUT2D eigenvalue weighted by Crippen LogP contribution is -2.32. The standard InChI is InChI=1S/C3H7N2O5PS/c6-3-1-4-12(8,9)5(3)2-10-11-7/h4H,1-2,11H2. The molecule has 1 fully saturated rings. The number of rotatable bonds is 3. The predicted molar refractivity (Wildman–Crippen MR) is 40.1 cm³/mol. The summed E-state index contributed by atoms with van der Waals surface area (Å²) in [5, 5.41) is 0. The van der Waals surface area contributed by atoms with Crippen LogP contribution >= 0.6 is 8.69 Å². The van der Waals surface area contributed by atoms with Gasteiger partial charge in [0, 0.05) is 0 Å². The molecule has 1 amide bonds. The molecule has 1 aliphatic heterocycles. The second-order valence-electron chi connectivity index (χ2n) is 1.96. The molecule has 1 heterocycles. The van der Waals surface area contributed by atoms with E-state index in [4.69, 9.17) is 0 Å². The average Bonchev–Trinajstić information content (AvgIpc) is 2.24. The largest absolute Gasteiger partial charge is 0.310 e. The van der Waals surface area contributed by atoms with E-state index in [9.17, 15) is 17.8 Å². The molecule has 12 heavy (non-hydrogen) atoms. The molecule has 70 valence electrons. The van der Waals surface area contributed by atoms with Crippen LogP contribution in [0.25, 0.3) is 0 Å². The van der Waals surface area contributed by atoms with Gasteiger partial charge in [-0.15, -0.1) is 0 Å². The molecular weight excluding hydrogens is 207 g/mol. The van der Waals surface area contributed by atoms with E-state index < -0.39 is 31.5 Å². The van der Waals surface area contributed by atoms with Gasteiger partial charge in [0.05, 0.1) is 6.54 Å². The van der Waals surface area contributed by atoms with Gasteiger partial charge in [-0.25, -0.2) is 4.31 Å². The van der Waals surface area contributed by atoms with Crippen LogP contribution in [-0.2, 0) is 24.1 Å². The highest BCUT2D eigenvalue weighted by Crippen LogP contribution is 2.08. The molecule has 9 heteroatoms. The molecule has 1 aliphatic rings. The highest BCUT2D eigenvalue weighted by atomic mass is 32.2. The van der Waals surface area contributed by atoms with Crippen molar-refractivity contribution in [2.24, 2.45) is 0 Å². The molecule has 0 aliphatic carbocycles. The number of nitrogens with zero attached hydrogens (tertiary/aromatic N) is 1. The van der Waals surface area contributed by atoms with Crippen molar-refractivity contribution >= 4 is 24.8 Å². The molecule has 0 aromatic heterocycles. The summed E-state index contributed by atoms with van der Waals surface area (Å²) in [7, 11) is -5.23. The van der Waals surface area contributed by atoms with Crippen LogP contribution in [0.5, 0.6) is 0 Å². The Morgan fingerprint density at radius 2 is 2.33 bits per heavy atom. The summed E-state index contributed by atoms with van der Waals surface area (Å²) >= 11 is 0. The lowest BCUT2D eigenvalue weighted by Gasteiger charge is -2.10. The highest BCUT2D eigenvalue weighted by Gasteiger charge is 2.34. The summed E-state index contributed by atoms with van der Waals surface area (Å²) in [5.74, 6) is -0.608. The van der Waals surface area contributed by atoms with Crippen molar-refractivity contribution in [1.82, 2.24) is 9.03 Å². The van der Waals surface area contributed by atoms with Crippen LogP contribution in [0.2, 0.25) is 0 Å². The van der Waals surface area contributed by atoms with E-state index >= 15 is 0 Å². The van der Waals surface area contributed by atoms with Gasteiger partial charge < -0.3 is 4.52 Å². The first-order chi connectivity index (χ1) is 5.58. The maximum Gasteiger partial charge on any atom is 0.306 e. The van der Waals surface area contributed by atoms with Gasteiger partial charge >= 0.3 is 10.2 Å². The van der Waals surface area contributed by atoms with Gasteiger partial charge in [0.1, 0.15) is 6.73 Å². The van der Waals surface area contributed by atoms with Gasteiger partial charge in [-0.3, -0.25) is 9.36 Å². The molecule has 0 bridgehead atoms. The smallest absolute Gasteiger partial charge is 0.306 e. The van der Waals surface area contributed by atoms with Crippen molar-refractivity contribution in [1.29, 1.82) is 0 Å². The summed E-state index contributed by atoms with van der Waals surface area (Å²) in [4.78, 5) is 10.8. The van der Waals surface area contributed by atoms with Gasteiger partial charge in [-0.2, -0.15) is 13.1 Å². The molecule has 1 rings (SSSR count). The van der Waals surface area contributed by atoms with Crippen molar-refractivity contribution in [3.63, 3.8) is 0 Å². The quantitative estimate of drug-likeness (QED) is 0.566. The first kappa shape index (κ1) is 9.66. The van der Waals surface area contributed by atoms with Crippen molar-refractivity contribution in [3.05, 3.63) is 0 Å². The van der Waals surface area contributed by atoms with Crippen LogP contribution < -0.4 is 4.72 Å². The first-order valence-electron chi connectivity index (χ1n) is 2.93. The van der Waals surface area contributed by atoms with E-state index in [2.05, 4.69) is 4.52 Å². The van der Waals surface area contributed by atoms with E-state index in [1.54, 1.807) is 0 Å². The fourth-order valence-corrected chi connectivity index (χ4v) is 2.00. The molecule has 1 unspecified atom stereocenters. The molecular formula is C3H7N2O5PS. The molecule has 0 spiro atoms. The van der Waals surface area contributed by atoms with Crippen molar-refractivity contribution < 1.29 is 22.3 Å². The van der Waals surface area contributed by atoms with Crippen molar-refractivity contribution in [2.45, 2.75) is 0 Å². The van der Waals surface area contributed by atoms with Crippen LogP contribution in [0.4, 0.5) is 0 Å². The lowest BCUT2D eigenvalue weighted by atomic mass is 10.6. The Labute approximate surface area is 70.2 Å². The molecule has 0 saturated carbocycles. The van der Waals surface area contributed by atoms with Crippen LogP contribution in [0, 0.1) is 0 Å². The molecule has 7 nitrogen and oxygen atoms in total. The first-order valence-corrected chi connectivity index (χ1v) is 5.31. The van der Waals surface area contributed by atoms with Crippen LogP contribution in [0.3, 0.4) is 0 Å². The number of nitrogens with one attached hydrogen (secondary N) is 1. The SMILES string of the molecule is O=[PH2]OCN1C(=O)CNS1(=O)=O. The third kappa shape index (κ3) is 1.84. The van der Waals surface area contributed by atoms with Crippen LogP contribution in [0.1, 0.15) is 0 Å². The lowest BCUT2D eigenvalue weighted by molar-refractivity contribution is -0.125. The molecule has 0 aromatic rings. The third-order valence-corrected chi connectivity index (χ3v) is 2.92. The molecule has 1 saturated heterocycles. The molecule has 0 aromatic carbocycles. The number of carbonyl (C=O) groups excluding carboxylic acids is 1. The molecule has 1 N–H and O–H groups in total. The normalized spacial score (nSPS) is 22.7. The average molecular weight is 214 g/mol. The number of hydrogen-bond donors (Lipinski definition) is 1. The number of carbonyl (C=O) groups is 1. The van der Waals surface area contributed by atoms with Gasteiger partial charge in [0.25, 0.3) is 5.91 Å². The van der Waals surface area contributed by atoms with Gasteiger partial charge in [0.2, 0.25) is 0 Å². The van der Waals surface area contributed by atoms with Gasteiger partial charge in [-0.1, -0.05) is 0 Å². The zero-order chi connectivity index (χ0) is 9.19.